The molecular weight excluding hydrogens is 318 g/mol. The highest BCUT2D eigenvalue weighted by Crippen LogP contribution is 2.38. The first-order valence-corrected chi connectivity index (χ1v) is 8.47. The Labute approximate surface area is 144 Å². The van der Waals surface area contributed by atoms with Crippen LogP contribution in [0.3, 0.4) is 0 Å². The zero-order valence-electron chi connectivity index (χ0n) is 13.5. The molecule has 0 aliphatic carbocycles. The Bertz CT molecular complexity index is 925. The van der Waals surface area contributed by atoms with E-state index in [9.17, 15) is 5.11 Å². The van der Waals surface area contributed by atoms with E-state index in [0.29, 0.717) is 12.2 Å². The smallest absolute Gasteiger partial charge is 0.126 e. The van der Waals surface area contributed by atoms with E-state index in [4.69, 9.17) is 10.5 Å². The number of aliphatic hydroxyl groups excluding tert-OH is 1. The number of aromatic amines is 1. The number of nitrogens with one attached hydrogen (secondary N) is 2. The molecule has 2 saturated heterocycles. The van der Waals surface area contributed by atoms with Crippen LogP contribution in [-0.4, -0.2) is 44.6 Å². The number of H-pyrrole nitrogens is 1. The van der Waals surface area contributed by atoms with Gasteiger partial charge in [-0.2, -0.15) is 5.10 Å². The summed E-state index contributed by atoms with van der Waals surface area (Å²) in [6.45, 7) is 0. The first-order valence-electron chi connectivity index (χ1n) is 8.47. The highest BCUT2D eigenvalue weighted by molar-refractivity contribution is 5.95. The highest BCUT2D eigenvalue weighted by Gasteiger charge is 2.46. The predicted molar refractivity (Wildman–Crippen MR) is 95.0 cm³/mol. The molecule has 2 aliphatic heterocycles. The van der Waals surface area contributed by atoms with Gasteiger partial charge < -0.3 is 20.9 Å². The monoisotopic (exact) mass is 337 g/mol. The third-order valence-corrected chi connectivity index (χ3v) is 5.17. The molecule has 1 aromatic carbocycles. The van der Waals surface area contributed by atoms with E-state index in [0.717, 1.165) is 34.3 Å². The van der Waals surface area contributed by atoms with Gasteiger partial charge in [-0.1, -0.05) is 12.1 Å². The maximum absolute atomic E-state index is 9.85. The van der Waals surface area contributed by atoms with Gasteiger partial charge in [0.25, 0.3) is 0 Å². The minimum absolute atomic E-state index is 0.0497. The van der Waals surface area contributed by atoms with Gasteiger partial charge in [-0.15, -0.1) is 0 Å². The third-order valence-electron chi connectivity index (χ3n) is 5.17. The van der Waals surface area contributed by atoms with E-state index in [2.05, 4.69) is 20.5 Å². The quantitative estimate of drug-likeness (QED) is 0.581. The van der Waals surface area contributed by atoms with Gasteiger partial charge in [0.1, 0.15) is 5.82 Å². The zero-order chi connectivity index (χ0) is 17.0. The van der Waals surface area contributed by atoms with Crippen LogP contribution in [0.1, 0.15) is 12.8 Å². The molecular formula is C18H19N5O2. The van der Waals surface area contributed by atoms with Crippen molar-refractivity contribution in [1.82, 2.24) is 15.2 Å². The summed E-state index contributed by atoms with van der Waals surface area (Å²) >= 11 is 0. The van der Waals surface area contributed by atoms with Crippen molar-refractivity contribution >= 4 is 22.4 Å². The fraction of sp³-hybridized carbons (Fsp3) is 0.333. The van der Waals surface area contributed by atoms with Crippen molar-refractivity contribution in [3.05, 3.63) is 36.5 Å². The molecule has 7 heteroatoms. The summed E-state index contributed by atoms with van der Waals surface area (Å²) in [5, 5.41) is 21.4. The predicted octanol–water partition coefficient (Wildman–Crippen LogP) is 1.91. The molecule has 5 rings (SSSR count). The number of fused-ring (bicyclic) bond motifs is 3. The van der Waals surface area contributed by atoms with E-state index in [-0.39, 0.29) is 24.4 Å². The third kappa shape index (κ3) is 2.43. The van der Waals surface area contributed by atoms with Crippen molar-refractivity contribution in [1.29, 1.82) is 0 Å². The summed E-state index contributed by atoms with van der Waals surface area (Å²) < 4.78 is 5.81. The number of rotatable bonds is 3. The summed E-state index contributed by atoms with van der Waals surface area (Å²) in [5.74, 6) is 0.473. The van der Waals surface area contributed by atoms with E-state index in [1.807, 2.05) is 30.3 Å². The van der Waals surface area contributed by atoms with Gasteiger partial charge in [-0.3, -0.25) is 5.10 Å². The summed E-state index contributed by atoms with van der Waals surface area (Å²) in [7, 11) is 0. The molecule has 0 saturated carbocycles. The van der Waals surface area contributed by atoms with Crippen molar-refractivity contribution < 1.29 is 9.84 Å². The molecule has 2 aromatic heterocycles. The van der Waals surface area contributed by atoms with Crippen LogP contribution >= 0.6 is 0 Å². The first kappa shape index (κ1) is 14.7. The van der Waals surface area contributed by atoms with Crippen LogP contribution in [0.25, 0.3) is 22.2 Å². The topological polar surface area (TPSA) is 109 Å². The number of benzene rings is 1. The molecule has 2 bridgehead atoms. The van der Waals surface area contributed by atoms with Crippen LogP contribution in [0, 0.1) is 0 Å². The number of anilines is 2. The van der Waals surface area contributed by atoms with Crippen molar-refractivity contribution in [2.24, 2.45) is 0 Å². The molecule has 0 amide bonds. The maximum atomic E-state index is 9.85. The molecule has 0 radical (unpaired) electrons. The normalized spacial score (nSPS) is 27.9. The van der Waals surface area contributed by atoms with Crippen molar-refractivity contribution in [2.45, 2.75) is 37.2 Å². The van der Waals surface area contributed by atoms with Crippen LogP contribution in [0.2, 0.25) is 0 Å². The second kappa shape index (κ2) is 5.44. The van der Waals surface area contributed by atoms with E-state index in [1.165, 1.54) is 0 Å². The molecule has 3 aromatic rings. The molecule has 2 fully saturated rings. The number of ether oxygens (including phenoxy) is 1. The summed E-state index contributed by atoms with van der Waals surface area (Å²) in [6, 6.07) is 10.1. The number of nitrogens with zero attached hydrogens (tertiary/aromatic N) is 2. The van der Waals surface area contributed by atoms with Gasteiger partial charge >= 0.3 is 0 Å². The Balaban J connectivity index is 1.50. The van der Waals surface area contributed by atoms with E-state index in [1.54, 1.807) is 6.20 Å². The van der Waals surface area contributed by atoms with Crippen LogP contribution in [0.15, 0.2) is 36.5 Å². The fourth-order valence-corrected chi connectivity index (χ4v) is 3.94. The van der Waals surface area contributed by atoms with Crippen LogP contribution in [-0.2, 0) is 4.74 Å². The standard InChI is InChI=1S/C18H19N5O2/c19-18-7-13(21-14-6-17-15(24)8-16(14)25-17)10-2-1-9(5-12(10)22-18)11-3-4-20-23-11/h1-5,7,14-17,24H,6,8H2,(H,20,23)(H3,19,21,22)/t14-,15-,16+,17+/m0/s1. The SMILES string of the molecule is Nc1cc(N[C@H]2C[C@H]3O[C@@H]2C[C@@H]3O)c2ccc(-c3ccn[nH]3)cc2n1. The average Bonchev–Trinajstić information content (AvgIpc) is 3.31. The lowest BCUT2D eigenvalue weighted by molar-refractivity contribution is 0.0535. The highest BCUT2D eigenvalue weighted by atomic mass is 16.5. The Morgan fingerprint density at radius 2 is 2.12 bits per heavy atom. The Morgan fingerprint density at radius 1 is 1.20 bits per heavy atom. The van der Waals surface area contributed by atoms with Gasteiger partial charge in [0.2, 0.25) is 0 Å². The Kier molecular flexibility index (Phi) is 3.19. The van der Waals surface area contributed by atoms with Gasteiger partial charge in [0.15, 0.2) is 0 Å². The first-order chi connectivity index (χ1) is 12.2. The second-order valence-corrected chi connectivity index (χ2v) is 6.80. The largest absolute Gasteiger partial charge is 0.390 e. The molecule has 0 unspecified atom stereocenters. The van der Waals surface area contributed by atoms with Crippen LogP contribution < -0.4 is 11.1 Å². The van der Waals surface area contributed by atoms with Gasteiger partial charge in [0.05, 0.1) is 35.6 Å². The lowest BCUT2D eigenvalue weighted by Crippen LogP contribution is -2.35. The van der Waals surface area contributed by atoms with Gasteiger partial charge in [0, 0.05) is 35.3 Å². The lowest BCUT2D eigenvalue weighted by atomic mass is 9.93. The minimum Gasteiger partial charge on any atom is -0.390 e. The van der Waals surface area contributed by atoms with Crippen LogP contribution in [0.4, 0.5) is 11.5 Å². The summed E-state index contributed by atoms with van der Waals surface area (Å²) in [5.41, 5.74) is 9.76. The summed E-state index contributed by atoms with van der Waals surface area (Å²) in [6.07, 6.45) is 2.88. The fourth-order valence-electron chi connectivity index (χ4n) is 3.94. The molecule has 128 valence electrons. The number of aliphatic hydroxyl groups is 1. The molecule has 25 heavy (non-hydrogen) atoms. The van der Waals surface area contributed by atoms with Crippen molar-refractivity contribution in [3.63, 3.8) is 0 Å². The Hall–Kier alpha value is -2.64. The minimum atomic E-state index is -0.334. The van der Waals surface area contributed by atoms with Crippen molar-refractivity contribution in [2.75, 3.05) is 11.1 Å². The molecule has 0 spiro atoms. The maximum Gasteiger partial charge on any atom is 0.126 e. The number of aromatic nitrogens is 3. The van der Waals surface area contributed by atoms with Gasteiger partial charge in [-0.25, -0.2) is 4.98 Å². The molecule has 4 heterocycles. The molecule has 2 aliphatic rings. The van der Waals surface area contributed by atoms with Gasteiger partial charge in [-0.05, 0) is 18.6 Å². The number of nitrogen functional groups attached to an aromatic ring is 1. The van der Waals surface area contributed by atoms with E-state index >= 15 is 0 Å². The number of nitrogens with two attached hydrogens (primary N) is 1. The number of hydrogen-bond donors (Lipinski definition) is 4. The number of pyridine rings is 1. The number of hydrogen-bond acceptors (Lipinski definition) is 6. The lowest BCUT2D eigenvalue weighted by Gasteiger charge is -2.24. The van der Waals surface area contributed by atoms with Crippen molar-refractivity contribution in [3.8, 4) is 11.3 Å². The zero-order valence-corrected chi connectivity index (χ0v) is 13.5. The second-order valence-electron chi connectivity index (χ2n) is 6.80. The summed E-state index contributed by atoms with van der Waals surface area (Å²) in [4.78, 5) is 4.47. The molecule has 4 atom stereocenters. The Morgan fingerprint density at radius 3 is 2.84 bits per heavy atom. The van der Waals surface area contributed by atoms with Crippen LogP contribution in [0.5, 0.6) is 0 Å². The molecule has 7 nitrogen and oxygen atoms in total. The molecule has 5 N–H and O–H groups in total. The average molecular weight is 337 g/mol. The van der Waals surface area contributed by atoms with E-state index < -0.39 is 0 Å².